The summed E-state index contributed by atoms with van der Waals surface area (Å²) in [5.74, 6) is -1.000. The molecule has 0 unspecified atom stereocenters. The molecular formula is C96H96Cl2N14O15S2. The van der Waals surface area contributed by atoms with Crippen LogP contribution in [0.5, 0.6) is 40.2 Å². The van der Waals surface area contributed by atoms with Crippen LogP contribution in [0.4, 0.5) is 22.7 Å². The van der Waals surface area contributed by atoms with Crippen LogP contribution < -0.4 is 42.9 Å². The number of benzene rings is 6. The largest absolute Gasteiger partial charge is 0.495 e. The van der Waals surface area contributed by atoms with E-state index in [-0.39, 0.29) is 94.0 Å². The number of nitro groups is 2. The Hall–Kier alpha value is -12.8. The van der Waals surface area contributed by atoms with Gasteiger partial charge in [0.25, 0.3) is 43.2 Å². The quantitative estimate of drug-likeness (QED) is 0.0341. The normalized spacial score (nSPS) is 17.7. The molecule has 2 atom stereocenters. The first-order valence-corrected chi connectivity index (χ1v) is 46.5. The van der Waals surface area contributed by atoms with Gasteiger partial charge >= 0.3 is 0 Å². The van der Waals surface area contributed by atoms with Gasteiger partial charge in [-0.15, -0.1) is 0 Å². The van der Waals surface area contributed by atoms with Gasteiger partial charge in [0, 0.05) is 176 Å². The number of amides is 2. The number of aromatic nitrogens is 6. The number of aromatic amines is 2. The van der Waals surface area contributed by atoms with Crippen molar-refractivity contribution in [3.8, 4) is 40.2 Å². The minimum Gasteiger partial charge on any atom is -0.495 e. The molecule has 2 fully saturated rings. The molecule has 6 aromatic heterocycles. The highest BCUT2D eigenvalue weighted by Crippen LogP contribution is 2.48. The Labute approximate surface area is 756 Å². The van der Waals surface area contributed by atoms with Gasteiger partial charge in [-0.05, 0) is 188 Å². The van der Waals surface area contributed by atoms with Crippen molar-refractivity contribution in [1.82, 2.24) is 49.1 Å². The van der Waals surface area contributed by atoms with E-state index in [1.165, 1.54) is 77.2 Å². The zero-order valence-corrected chi connectivity index (χ0v) is 75.1. The Balaban J connectivity index is 0.000000181. The number of halogens is 2. The van der Waals surface area contributed by atoms with Crippen LogP contribution in [-0.2, 0) is 32.9 Å². The van der Waals surface area contributed by atoms with Crippen molar-refractivity contribution >= 4 is 111 Å². The van der Waals surface area contributed by atoms with Crippen molar-refractivity contribution in [2.24, 2.45) is 10.8 Å². The van der Waals surface area contributed by atoms with E-state index in [1.54, 1.807) is 73.3 Å². The van der Waals surface area contributed by atoms with Crippen molar-refractivity contribution in [2.45, 2.75) is 108 Å². The number of carbonyl (C=O) groups excluding carboxylic acids is 2. The SMILES string of the molecule is COc1ccc([C@@H]2COc3cc(S(=O)(=O)NC(=O)c4ccc(N5CCN(CC6=C(c7ccc(Cl)cc7)CC(C)(C)CC6)CC5)cc4Oc4cnc5[nH]ccc5c4)cc([N+](=O)[O-])c3C2)nc1.Cc1ccc([C@@H]2COc3cc(S(=O)(=O)NC(=O)c4ccc(N5CCN(CC6=C(c7ccc(Cl)cc7)CC(C)(C)CC6)CC5)cc4Oc4cnc5[nH]ccc5c4)cc([N+](=O)[O-])c3C2)nc1. The van der Waals surface area contributed by atoms with E-state index in [1.807, 2.05) is 55.5 Å². The van der Waals surface area contributed by atoms with Gasteiger partial charge in [0.05, 0.1) is 80.8 Å². The number of nitrogens with one attached hydrogen (secondary N) is 4. The summed E-state index contributed by atoms with van der Waals surface area (Å²) in [5, 5.41) is 27.7. The summed E-state index contributed by atoms with van der Waals surface area (Å²) >= 11 is 12.5. The molecule has 2 amide bonds. The van der Waals surface area contributed by atoms with E-state index < -0.39 is 62.9 Å². The number of methoxy groups -OCH3 is 1. The number of piperazine rings is 2. The molecule has 2 saturated heterocycles. The van der Waals surface area contributed by atoms with Crippen molar-refractivity contribution in [2.75, 3.05) is 95.6 Å². The number of rotatable bonds is 23. The fourth-order valence-electron chi connectivity index (χ4n) is 17.8. The number of carbonyl (C=O) groups is 2. The summed E-state index contributed by atoms with van der Waals surface area (Å²) in [6.45, 7) is 19.3. The van der Waals surface area contributed by atoms with Crippen LogP contribution >= 0.6 is 23.2 Å². The second kappa shape index (κ2) is 36.8. The fraction of sp³-hybridized carbons (Fsp3) is 0.312. The molecule has 29 nitrogen and oxygen atoms in total. The molecule has 6 aliphatic rings. The maximum Gasteiger partial charge on any atom is 0.277 e. The number of allylic oxidation sites excluding steroid dienone is 2. The van der Waals surface area contributed by atoms with E-state index in [9.17, 15) is 46.7 Å². The van der Waals surface area contributed by atoms with Gasteiger partial charge in [-0.25, -0.2) is 36.2 Å². The van der Waals surface area contributed by atoms with Gasteiger partial charge in [-0.2, -0.15) is 0 Å². The Morgan fingerprint density at radius 1 is 0.519 bits per heavy atom. The molecule has 0 radical (unpaired) electrons. The average molecular weight is 1820 g/mol. The third-order valence-electron chi connectivity index (χ3n) is 25.0. The zero-order valence-electron chi connectivity index (χ0n) is 71.9. The number of hydrogen-bond donors (Lipinski definition) is 4. The monoisotopic (exact) mass is 1820 g/mol. The predicted molar refractivity (Wildman–Crippen MR) is 494 cm³/mol. The molecule has 6 aromatic carbocycles. The molecule has 10 heterocycles. The number of hydrogen-bond acceptors (Lipinski definition) is 23. The van der Waals surface area contributed by atoms with Crippen LogP contribution in [0, 0.1) is 38.0 Å². The maximum absolute atomic E-state index is 14.1. The van der Waals surface area contributed by atoms with E-state index in [0.29, 0.717) is 66.1 Å². The number of nitrogens with zero attached hydrogens (tertiary/aromatic N) is 10. The van der Waals surface area contributed by atoms with Crippen molar-refractivity contribution < 1.29 is 60.0 Å². The molecule has 12 aromatic rings. The van der Waals surface area contributed by atoms with Crippen LogP contribution in [0.2, 0.25) is 10.0 Å². The third kappa shape index (κ3) is 20.1. The first kappa shape index (κ1) is 88.3. The Bertz CT molecular complexity index is 6630. The third-order valence-corrected chi connectivity index (χ3v) is 28.1. The summed E-state index contributed by atoms with van der Waals surface area (Å²) in [5.41, 5.74) is 13.3. The van der Waals surface area contributed by atoms with E-state index in [2.05, 4.69) is 111 Å². The minimum atomic E-state index is -4.67. The number of anilines is 2. The van der Waals surface area contributed by atoms with Crippen LogP contribution in [0.25, 0.3) is 33.2 Å². The second-order valence-corrected chi connectivity index (χ2v) is 39.4. The molecule has 666 valence electrons. The lowest BCUT2D eigenvalue weighted by atomic mass is 9.72. The maximum atomic E-state index is 14.1. The molecule has 0 saturated carbocycles. The zero-order chi connectivity index (χ0) is 90.2. The Morgan fingerprint density at radius 3 is 1.33 bits per heavy atom. The van der Waals surface area contributed by atoms with E-state index in [4.69, 9.17) is 46.9 Å². The highest BCUT2D eigenvalue weighted by atomic mass is 35.5. The summed E-state index contributed by atoms with van der Waals surface area (Å²) in [4.78, 5) is 83.8. The molecule has 4 aliphatic heterocycles. The highest BCUT2D eigenvalue weighted by molar-refractivity contribution is 7.90. The molecule has 0 bridgehead atoms. The van der Waals surface area contributed by atoms with Gasteiger partial charge in [0.1, 0.15) is 51.5 Å². The lowest BCUT2D eigenvalue weighted by Gasteiger charge is -2.39. The number of pyridine rings is 4. The Morgan fingerprint density at radius 2 is 0.938 bits per heavy atom. The van der Waals surface area contributed by atoms with Crippen molar-refractivity contribution in [3.05, 3.63) is 287 Å². The minimum absolute atomic E-state index is 0.0410. The summed E-state index contributed by atoms with van der Waals surface area (Å²) < 4.78 is 89.7. The summed E-state index contributed by atoms with van der Waals surface area (Å²) in [7, 11) is -7.79. The molecule has 4 N–H and O–H groups in total. The second-order valence-electron chi connectivity index (χ2n) is 35.2. The number of sulfonamides is 2. The van der Waals surface area contributed by atoms with Gasteiger partial charge in [0.2, 0.25) is 0 Å². The average Bonchev–Trinajstić information content (AvgIpc) is 1.65. The topological polar surface area (TPSA) is 355 Å². The van der Waals surface area contributed by atoms with Crippen molar-refractivity contribution in [3.63, 3.8) is 0 Å². The molecule has 33 heteroatoms. The number of H-pyrrole nitrogens is 2. The lowest BCUT2D eigenvalue weighted by molar-refractivity contribution is -0.386. The number of ether oxygens (including phenoxy) is 5. The lowest BCUT2D eigenvalue weighted by Crippen LogP contribution is -2.47. The highest BCUT2D eigenvalue weighted by Gasteiger charge is 2.38. The van der Waals surface area contributed by atoms with Gasteiger partial charge in [-0.3, -0.25) is 49.6 Å². The molecule has 129 heavy (non-hydrogen) atoms. The molecule has 18 rings (SSSR count). The van der Waals surface area contributed by atoms with Gasteiger partial charge < -0.3 is 43.5 Å². The summed E-state index contributed by atoms with van der Waals surface area (Å²) in [6, 6.07) is 45.2. The smallest absolute Gasteiger partial charge is 0.277 e. The number of fused-ring (bicyclic) bond motifs is 4. The molecule has 2 aliphatic carbocycles. The standard InChI is InChI=1S/C48H48ClN7O8S.C48H48ClN7O7S/c1-48(2)14-12-32(41(25-48)30-4-6-34(49)7-5-30)28-54-16-18-55(19-17-54)35-8-10-39(45(22-35)64-37-20-31-13-15-50-46(31)52-27-37)47(57)53-65(60,61)38-23-43(56(58)59)40-21-33(29-63-44(40)24-38)42-11-9-36(62-3)26-51-42;1-30-4-11-42(51-26-30)34-21-40-43(56(58)59)23-38(24-44(40)62-29-34)64(60,61)53-47(57)39-10-9-36(22-45(39)63-37-20-32-13-15-50-46(32)52-27-37)55-18-16-54(17-19-55)28-33-12-14-48(2,3)25-41(33)31-5-7-35(49)8-6-31/h4-11,13,15,20,22-24,26-27,33H,12,14,16-19,21,25,28-29H2,1-3H3,(H,50,52)(H,53,57);4-11,13,15,20,22-24,26-27,34H,12,14,16-19,21,25,28-29H2,1-3H3,(H,50,52)(H,53,57)/t33-;34-/m00/s1. The van der Waals surface area contributed by atoms with Crippen molar-refractivity contribution in [1.29, 1.82) is 0 Å². The van der Waals surface area contributed by atoms with Crippen LogP contribution in [-0.4, -0.2) is 164 Å². The van der Waals surface area contributed by atoms with E-state index in [0.717, 1.165) is 128 Å². The molecule has 0 spiro atoms. The Kier molecular flexibility index (Phi) is 25.1. The van der Waals surface area contributed by atoms with Crippen LogP contribution in [0.3, 0.4) is 0 Å². The number of aryl methyl sites for hydroxylation is 1. The van der Waals surface area contributed by atoms with Gasteiger partial charge in [0.15, 0.2) is 0 Å². The molecular weight excluding hydrogens is 1720 g/mol. The first-order chi connectivity index (χ1) is 61.9. The predicted octanol–water partition coefficient (Wildman–Crippen LogP) is 18.2. The van der Waals surface area contributed by atoms with E-state index >= 15 is 0 Å². The van der Waals surface area contributed by atoms with Gasteiger partial charge in [-0.1, -0.05) is 92.4 Å². The first-order valence-electron chi connectivity index (χ1n) is 42.7. The number of nitro benzene ring substituents is 2. The summed E-state index contributed by atoms with van der Waals surface area (Å²) in [6.07, 6.45) is 16.6. The van der Waals surface area contributed by atoms with Crippen LogP contribution in [0.15, 0.2) is 216 Å². The van der Waals surface area contributed by atoms with Crippen LogP contribution in [0.1, 0.15) is 138 Å². The fourth-order valence-corrected chi connectivity index (χ4v) is 20.0.